The maximum Gasteiger partial charge on any atom is 0.0309 e. The van der Waals surface area contributed by atoms with Crippen LogP contribution in [-0.2, 0) is 0 Å². The van der Waals surface area contributed by atoms with Crippen LogP contribution in [0.2, 0.25) is 0 Å². The molecule has 2 rings (SSSR count). The second-order valence-electron chi connectivity index (χ2n) is 3.82. The van der Waals surface area contributed by atoms with E-state index in [9.17, 15) is 0 Å². The van der Waals surface area contributed by atoms with E-state index in [2.05, 4.69) is 48.6 Å². The molecule has 0 unspecified atom stereocenters. The van der Waals surface area contributed by atoms with Gasteiger partial charge in [-0.25, -0.2) is 3.11 Å². The molecule has 0 radical (unpaired) electrons. The van der Waals surface area contributed by atoms with Crippen molar-refractivity contribution in [2.24, 2.45) is 5.92 Å². The van der Waals surface area contributed by atoms with E-state index in [0.29, 0.717) is 5.54 Å². The molecule has 11 heavy (non-hydrogen) atoms. The van der Waals surface area contributed by atoms with Crippen molar-refractivity contribution in [3.05, 3.63) is 0 Å². The minimum absolute atomic E-state index is 0.675. The van der Waals surface area contributed by atoms with E-state index < -0.39 is 0 Å². The number of alkyl halides is 1. The molecule has 0 bridgehead atoms. The van der Waals surface area contributed by atoms with Crippen LogP contribution in [0, 0.1) is 5.92 Å². The molecule has 0 N–H and O–H groups in total. The van der Waals surface area contributed by atoms with Crippen molar-refractivity contribution in [2.45, 2.75) is 31.2 Å². The molecular formula is C8H13I2N. The molecule has 1 saturated heterocycles. The van der Waals surface area contributed by atoms with Gasteiger partial charge in [0.2, 0.25) is 0 Å². The average molecular weight is 377 g/mol. The van der Waals surface area contributed by atoms with E-state index in [0.717, 1.165) is 5.92 Å². The number of nitrogens with zero attached hydrogens (tertiary/aromatic N) is 1. The molecule has 1 atom stereocenters. The van der Waals surface area contributed by atoms with E-state index in [1.807, 2.05) is 0 Å². The first-order valence-corrected chi connectivity index (χ1v) is 6.75. The smallest absolute Gasteiger partial charge is 0.0309 e. The Kier molecular flexibility index (Phi) is 2.69. The molecule has 1 saturated carbocycles. The molecule has 2 aliphatic rings. The van der Waals surface area contributed by atoms with Crippen molar-refractivity contribution in [1.29, 1.82) is 0 Å². The fourth-order valence-electron chi connectivity index (χ4n) is 1.99. The maximum absolute atomic E-state index is 2.56. The van der Waals surface area contributed by atoms with Crippen molar-refractivity contribution in [2.75, 3.05) is 11.0 Å². The highest BCUT2D eigenvalue weighted by molar-refractivity contribution is 14.1. The second-order valence-corrected chi connectivity index (χ2v) is 5.87. The van der Waals surface area contributed by atoms with Crippen molar-refractivity contribution >= 4 is 45.5 Å². The monoisotopic (exact) mass is 377 g/mol. The van der Waals surface area contributed by atoms with Gasteiger partial charge in [-0.05, 0) is 31.6 Å². The van der Waals surface area contributed by atoms with Crippen LogP contribution in [-0.4, -0.2) is 19.6 Å². The number of rotatable bonds is 1. The third-order valence-corrected chi connectivity index (χ3v) is 5.71. The van der Waals surface area contributed by atoms with Crippen molar-refractivity contribution in [3.63, 3.8) is 0 Å². The lowest BCUT2D eigenvalue weighted by Crippen LogP contribution is -2.38. The molecule has 0 aromatic rings. The normalized spacial score (nSPS) is 36.0. The van der Waals surface area contributed by atoms with Gasteiger partial charge in [-0.3, -0.25) is 0 Å². The maximum atomic E-state index is 2.56. The molecule has 64 valence electrons. The summed E-state index contributed by atoms with van der Waals surface area (Å²) in [7, 11) is 0. The number of hydrogen-bond acceptors (Lipinski definition) is 1. The second kappa shape index (κ2) is 3.29. The fourth-order valence-corrected chi connectivity index (χ4v) is 3.70. The third-order valence-electron chi connectivity index (χ3n) is 2.96. The van der Waals surface area contributed by atoms with E-state index in [1.54, 1.807) is 0 Å². The van der Waals surface area contributed by atoms with Gasteiger partial charge in [-0.15, -0.1) is 0 Å². The van der Waals surface area contributed by atoms with Crippen molar-refractivity contribution < 1.29 is 0 Å². The molecule has 0 aromatic carbocycles. The molecule has 0 aromatic heterocycles. The molecular weight excluding hydrogens is 364 g/mol. The predicted octanol–water partition coefficient (Wildman–Crippen LogP) is 3.02. The quantitative estimate of drug-likeness (QED) is 0.386. The number of hydrogen-bond donors (Lipinski definition) is 0. The summed E-state index contributed by atoms with van der Waals surface area (Å²) in [6, 6.07) is 0. The van der Waals surface area contributed by atoms with Crippen LogP contribution in [0.15, 0.2) is 0 Å². The first-order valence-electron chi connectivity index (χ1n) is 4.26. The van der Waals surface area contributed by atoms with Gasteiger partial charge in [0.1, 0.15) is 0 Å². The highest BCUT2D eigenvalue weighted by Crippen LogP contribution is 2.51. The lowest BCUT2D eigenvalue weighted by atomic mass is 9.93. The van der Waals surface area contributed by atoms with Gasteiger partial charge in [0.05, 0.1) is 0 Å². The molecule has 1 spiro atoms. The van der Waals surface area contributed by atoms with Crippen LogP contribution in [0.5, 0.6) is 0 Å². The zero-order chi connectivity index (χ0) is 7.90. The van der Waals surface area contributed by atoms with E-state index in [4.69, 9.17) is 0 Å². The van der Waals surface area contributed by atoms with Crippen LogP contribution in [0.1, 0.15) is 25.7 Å². The lowest BCUT2D eigenvalue weighted by molar-refractivity contribution is 0.227. The Bertz CT molecular complexity index is 156. The van der Waals surface area contributed by atoms with Gasteiger partial charge < -0.3 is 0 Å². The lowest BCUT2D eigenvalue weighted by Gasteiger charge is -2.35. The van der Waals surface area contributed by atoms with Crippen LogP contribution in [0.4, 0.5) is 0 Å². The van der Waals surface area contributed by atoms with Crippen LogP contribution >= 0.6 is 45.5 Å². The van der Waals surface area contributed by atoms with E-state index >= 15 is 0 Å². The molecule has 1 aliphatic heterocycles. The summed E-state index contributed by atoms with van der Waals surface area (Å²) >= 11 is 5.06. The molecule has 1 aliphatic carbocycles. The summed E-state index contributed by atoms with van der Waals surface area (Å²) in [5, 5.41) is 0. The summed E-state index contributed by atoms with van der Waals surface area (Å²) in [4.78, 5) is 0. The zero-order valence-corrected chi connectivity index (χ0v) is 10.8. The van der Waals surface area contributed by atoms with E-state index in [1.165, 1.54) is 36.7 Å². The Morgan fingerprint density at radius 2 is 2.18 bits per heavy atom. The van der Waals surface area contributed by atoms with Crippen LogP contribution in [0.3, 0.4) is 0 Å². The number of halogens is 2. The van der Waals surface area contributed by atoms with Crippen molar-refractivity contribution in [1.82, 2.24) is 3.11 Å². The SMILES string of the molecule is IC[C@H]1CCN(I)C2(CC2)C1. The van der Waals surface area contributed by atoms with Crippen molar-refractivity contribution in [3.8, 4) is 0 Å². The fraction of sp³-hybridized carbons (Fsp3) is 1.00. The zero-order valence-electron chi connectivity index (χ0n) is 6.52. The first-order chi connectivity index (χ1) is 5.27. The number of piperidine rings is 1. The minimum atomic E-state index is 0.675. The molecule has 1 nitrogen and oxygen atoms in total. The molecule has 1 heterocycles. The van der Waals surface area contributed by atoms with Gasteiger partial charge in [-0.1, -0.05) is 22.6 Å². The molecule has 0 amide bonds. The van der Waals surface area contributed by atoms with Crippen LogP contribution in [0.25, 0.3) is 0 Å². The Labute approximate surface area is 95.9 Å². The summed E-state index contributed by atoms with van der Waals surface area (Å²) in [5.74, 6) is 1.02. The molecule has 3 heteroatoms. The van der Waals surface area contributed by atoms with Gasteiger partial charge >= 0.3 is 0 Å². The van der Waals surface area contributed by atoms with Gasteiger partial charge in [-0.2, -0.15) is 0 Å². The summed E-state index contributed by atoms with van der Waals surface area (Å²) in [5.41, 5.74) is 0.675. The third kappa shape index (κ3) is 1.70. The van der Waals surface area contributed by atoms with E-state index in [-0.39, 0.29) is 0 Å². The molecule has 2 fully saturated rings. The topological polar surface area (TPSA) is 3.24 Å². The van der Waals surface area contributed by atoms with Crippen LogP contribution < -0.4 is 0 Å². The highest BCUT2D eigenvalue weighted by Gasteiger charge is 2.50. The van der Waals surface area contributed by atoms with Gasteiger partial charge in [0.25, 0.3) is 0 Å². The first kappa shape index (κ1) is 8.99. The van der Waals surface area contributed by atoms with Gasteiger partial charge in [0, 0.05) is 39.4 Å². The Hall–Kier alpha value is 1.42. The summed E-state index contributed by atoms with van der Waals surface area (Å²) < 4.78 is 3.93. The Morgan fingerprint density at radius 1 is 1.45 bits per heavy atom. The standard InChI is InChI=1S/C8H13I2N/c9-6-7-1-4-11(10)8(5-7)2-3-8/h7H,1-6H2/t7-/m0/s1. The predicted molar refractivity (Wildman–Crippen MR) is 64.3 cm³/mol. The van der Waals surface area contributed by atoms with Gasteiger partial charge in [0.15, 0.2) is 0 Å². The Morgan fingerprint density at radius 3 is 2.73 bits per heavy atom. The Balaban J connectivity index is 1.98. The summed E-state index contributed by atoms with van der Waals surface area (Å²) in [6.45, 7) is 1.33. The summed E-state index contributed by atoms with van der Waals surface area (Å²) in [6.07, 6.45) is 5.82. The average Bonchev–Trinajstić information content (AvgIpc) is 2.77. The largest absolute Gasteiger partial charge is 0.241 e. The minimum Gasteiger partial charge on any atom is -0.241 e. The highest BCUT2D eigenvalue weighted by atomic mass is 127.